The zero-order valence-corrected chi connectivity index (χ0v) is 25.8. The molecule has 0 atom stereocenters. The molecule has 48 heavy (non-hydrogen) atoms. The molecular weight excluding hydrogens is 636 g/mol. The third-order valence-corrected chi connectivity index (χ3v) is 8.30. The highest BCUT2D eigenvalue weighted by Crippen LogP contribution is 2.25. The van der Waals surface area contributed by atoms with Crippen LogP contribution in [-0.2, 0) is 14.6 Å². The Morgan fingerprint density at radius 3 is 1.44 bits per heavy atom. The smallest absolute Gasteiger partial charge is 0.410 e. The van der Waals surface area contributed by atoms with Crippen molar-refractivity contribution in [3.05, 3.63) is 127 Å². The zero-order valence-electron chi connectivity index (χ0n) is 25.0. The first-order valence-electron chi connectivity index (χ1n) is 14.2. The first-order chi connectivity index (χ1) is 23.2. The van der Waals surface area contributed by atoms with Gasteiger partial charge in [-0.05, 0) is 97.1 Å². The van der Waals surface area contributed by atoms with Gasteiger partial charge in [0.15, 0.2) is 0 Å². The van der Waals surface area contributed by atoms with Gasteiger partial charge in [0.1, 0.15) is 5.75 Å². The van der Waals surface area contributed by atoms with Crippen LogP contribution in [0, 0.1) is 0 Å². The Hall–Kier alpha value is -6.67. The molecule has 6 amide bonds. The van der Waals surface area contributed by atoms with Crippen molar-refractivity contribution < 1.29 is 32.3 Å². The van der Waals surface area contributed by atoms with E-state index in [1.165, 1.54) is 48.5 Å². The van der Waals surface area contributed by atoms with E-state index in [2.05, 4.69) is 31.9 Å². The van der Waals surface area contributed by atoms with Gasteiger partial charge in [-0.2, -0.15) is 0 Å². The van der Waals surface area contributed by atoms with Crippen LogP contribution in [0.3, 0.4) is 0 Å². The van der Waals surface area contributed by atoms with Crippen LogP contribution in [-0.4, -0.2) is 33.0 Å². The third kappa shape index (κ3) is 8.95. The quantitative estimate of drug-likeness (QED) is 0.0869. The molecule has 0 spiro atoms. The fraction of sp³-hybridized carbons (Fsp3) is 0. The van der Waals surface area contributed by atoms with Crippen molar-refractivity contribution in [3.8, 4) is 5.75 Å². The molecule has 5 rings (SSSR count). The minimum absolute atomic E-state index is 0.000639. The Morgan fingerprint density at radius 2 is 0.938 bits per heavy atom. The summed E-state index contributed by atoms with van der Waals surface area (Å²) in [6.07, 6.45) is -0.168. The number of amides is 6. The normalized spacial score (nSPS) is 10.6. The molecule has 0 saturated heterocycles. The van der Waals surface area contributed by atoms with Gasteiger partial charge in [0.25, 0.3) is 0 Å². The van der Waals surface area contributed by atoms with Crippen molar-refractivity contribution in [2.24, 2.45) is 0 Å². The second-order valence-electron chi connectivity index (χ2n) is 9.96. The molecule has 0 heterocycles. The molecule has 5 aromatic carbocycles. The summed E-state index contributed by atoms with van der Waals surface area (Å²) >= 11 is 0. The van der Waals surface area contributed by atoms with Gasteiger partial charge in [0.05, 0.1) is 9.79 Å². The summed E-state index contributed by atoms with van der Waals surface area (Å²) in [5.41, 5.74) is 2.42. The molecule has 0 aliphatic heterocycles. The number of ether oxygens (including phenoxy) is 1. The molecule has 14 heteroatoms. The average Bonchev–Trinajstić information content (AvgIpc) is 3.06. The fourth-order valence-corrected chi connectivity index (χ4v) is 5.59. The van der Waals surface area contributed by atoms with Gasteiger partial charge in [-0.3, -0.25) is 10.1 Å². The maximum absolute atomic E-state index is 13.2. The SMILES string of the molecule is O=CNc1cccc(NC(=O)Nc2ccc(S(=O)(=O)c3ccc(NC(=O)Nc4cccc(NC(=O)Oc5ccccc5)c4)cc3)cc2)c1. The van der Waals surface area contributed by atoms with Crippen molar-refractivity contribution >= 4 is 68.5 Å². The molecule has 6 N–H and O–H groups in total. The number of rotatable bonds is 10. The number of para-hydroxylation sites is 1. The van der Waals surface area contributed by atoms with Crippen molar-refractivity contribution in [3.63, 3.8) is 0 Å². The summed E-state index contributed by atoms with van der Waals surface area (Å²) in [5, 5.41) is 15.6. The predicted molar refractivity (Wildman–Crippen MR) is 182 cm³/mol. The van der Waals surface area contributed by atoms with E-state index in [1.807, 2.05) is 0 Å². The molecular formula is C34H28N6O7S. The van der Waals surface area contributed by atoms with Gasteiger partial charge in [-0.25, -0.2) is 22.8 Å². The largest absolute Gasteiger partial charge is 0.417 e. The summed E-state index contributed by atoms with van der Waals surface area (Å²) in [6.45, 7) is 0. The van der Waals surface area contributed by atoms with Gasteiger partial charge in [0, 0.05) is 34.1 Å². The fourth-order valence-electron chi connectivity index (χ4n) is 4.33. The lowest BCUT2D eigenvalue weighted by molar-refractivity contribution is -0.105. The monoisotopic (exact) mass is 664 g/mol. The van der Waals surface area contributed by atoms with Gasteiger partial charge in [-0.15, -0.1) is 0 Å². The number of carbonyl (C=O) groups is 4. The molecule has 0 aliphatic rings. The molecule has 0 saturated carbocycles. The number of urea groups is 2. The molecule has 0 fully saturated rings. The third-order valence-electron chi connectivity index (χ3n) is 6.51. The number of sulfone groups is 1. The van der Waals surface area contributed by atoms with Crippen LogP contribution in [0.2, 0.25) is 0 Å². The number of hydrogen-bond donors (Lipinski definition) is 6. The van der Waals surface area contributed by atoms with Crippen molar-refractivity contribution in [1.29, 1.82) is 0 Å². The van der Waals surface area contributed by atoms with Crippen molar-refractivity contribution in [2.75, 3.05) is 31.9 Å². The Labute approximate surface area is 275 Å². The predicted octanol–water partition coefficient (Wildman–Crippen LogP) is 6.99. The van der Waals surface area contributed by atoms with Gasteiger partial charge < -0.3 is 31.3 Å². The number of hydrogen-bond acceptors (Lipinski definition) is 7. The summed E-state index contributed by atoms with van der Waals surface area (Å²) in [4.78, 5) is 47.8. The Morgan fingerprint density at radius 1 is 0.500 bits per heavy atom. The van der Waals surface area contributed by atoms with E-state index >= 15 is 0 Å². The molecule has 242 valence electrons. The van der Waals surface area contributed by atoms with Crippen LogP contribution >= 0.6 is 0 Å². The number of carbonyl (C=O) groups excluding carboxylic acids is 4. The molecule has 0 aromatic heterocycles. The summed E-state index contributed by atoms with van der Waals surface area (Å²) in [7, 11) is -3.91. The van der Waals surface area contributed by atoms with Gasteiger partial charge >= 0.3 is 18.2 Å². The standard InChI is InChI=1S/C34H28N6O7S/c41-22-35-25-6-4-7-26(20-25)38-32(42)36-23-12-16-30(17-13-23)48(45,46)31-18-14-24(15-19-31)37-33(43)39-27-8-5-9-28(21-27)40-34(44)47-29-10-2-1-3-11-29/h1-22H,(H,35,41)(H,40,44)(H2,36,38,42)(H2,37,39,43). The Balaban J connectivity index is 1.14. The summed E-state index contributed by atoms with van der Waals surface area (Å²) in [5.74, 6) is 0.379. The number of benzene rings is 5. The minimum Gasteiger partial charge on any atom is -0.410 e. The van der Waals surface area contributed by atoms with Crippen LogP contribution in [0.4, 0.5) is 48.5 Å². The highest BCUT2D eigenvalue weighted by molar-refractivity contribution is 7.91. The summed E-state index contributed by atoms with van der Waals surface area (Å²) < 4.78 is 31.6. The number of anilines is 6. The highest BCUT2D eigenvalue weighted by atomic mass is 32.2. The van der Waals surface area contributed by atoms with E-state index in [-0.39, 0.29) is 9.79 Å². The van der Waals surface area contributed by atoms with Gasteiger partial charge in [-0.1, -0.05) is 30.3 Å². The summed E-state index contributed by atoms with van der Waals surface area (Å²) in [6, 6.07) is 31.6. The van der Waals surface area contributed by atoms with Crippen molar-refractivity contribution in [2.45, 2.75) is 9.79 Å². The number of nitrogens with one attached hydrogen (secondary N) is 6. The Bertz CT molecular complexity index is 2040. The molecule has 5 aromatic rings. The van der Waals surface area contributed by atoms with E-state index in [0.717, 1.165) is 0 Å². The van der Waals surface area contributed by atoms with Crippen LogP contribution in [0.5, 0.6) is 5.75 Å². The van der Waals surface area contributed by atoms with Gasteiger partial charge in [0.2, 0.25) is 16.2 Å². The molecule has 13 nitrogen and oxygen atoms in total. The van der Waals surface area contributed by atoms with E-state index in [9.17, 15) is 27.6 Å². The van der Waals surface area contributed by atoms with E-state index in [0.29, 0.717) is 46.3 Å². The lowest BCUT2D eigenvalue weighted by Gasteiger charge is -2.11. The minimum atomic E-state index is -3.91. The first-order valence-corrected chi connectivity index (χ1v) is 15.7. The highest BCUT2D eigenvalue weighted by Gasteiger charge is 2.18. The zero-order chi connectivity index (χ0) is 33.9. The molecule has 0 aliphatic carbocycles. The Kier molecular flexibility index (Phi) is 10.3. The molecule has 0 unspecified atom stereocenters. The lowest BCUT2D eigenvalue weighted by Crippen LogP contribution is -2.20. The van der Waals surface area contributed by atoms with Crippen LogP contribution in [0.15, 0.2) is 137 Å². The topological polar surface area (TPSA) is 184 Å². The second-order valence-corrected chi connectivity index (χ2v) is 11.9. The maximum atomic E-state index is 13.2. The van der Waals surface area contributed by atoms with Crippen LogP contribution < -0.4 is 36.6 Å². The molecule has 0 radical (unpaired) electrons. The average molecular weight is 665 g/mol. The maximum Gasteiger partial charge on any atom is 0.417 e. The van der Waals surface area contributed by atoms with E-state index < -0.39 is 28.0 Å². The van der Waals surface area contributed by atoms with Crippen LogP contribution in [0.1, 0.15) is 0 Å². The second kappa shape index (κ2) is 15.1. The van der Waals surface area contributed by atoms with E-state index in [4.69, 9.17) is 4.74 Å². The molecule has 0 bridgehead atoms. The van der Waals surface area contributed by atoms with Crippen molar-refractivity contribution in [1.82, 2.24) is 0 Å². The first kappa shape index (κ1) is 32.7. The lowest BCUT2D eigenvalue weighted by atomic mass is 10.3. The van der Waals surface area contributed by atoms with Crippen LogP contribution in [0.25, 0.3) is 0 Å². The van der Waals surface area contributed by atoms with E-state index in [1.54, 1.807) is 78.9 Å².